The van der Waals surface area contributed by atoms with Crippen LogP contribution in [0.25, 0.3) is 0 Å². The van der Waals surface area contributed by atoms with Crippen molar-refractivity contribution in [3.63, 3.8) is 0 Å². The molecule has 0 amide bonds. The summed E-state index contributed by atoms with van der Waals surface area (Å²) in [6.45, 7) is 1.62. The maximum atomic E-state index is 11.1. The number of nitrogens with zero attached hydrogens (tertiary/aromatic N) is 2. The van der Waals surface area contributed by atoms with E-state index in [-0.39, 0.29) is 12.4 Å². The second-order valence-electron chi connectivity index (χ2n) is 3.17. The van der Waals surface area contributed by atoms with Crippen molar-refractivity contribution in [1.29, 1.82) is 0 Å². The van der Waals surface area contributed by atoms with Crippen molar-refractivity contribution in [2.75, 3.05) is 10.8 Å². The molecule has 1 aromatic heterocycles. The van der Waals surface area contributed by atoms with Gasteiger partial charge in [-0.05, 0) is 19.1 Å². The zero-order valence-corrected chi connectivity index (χ0v) is 9.05. The summed E-state index contributed by atoms with van der Waals surface area (Å²) in [7, 11) is -4.32. The molecule has 1 rings (SSSR count). The fourth-order valence-electron chi connectivity index (χ4n) is 1.07. The van der Waals surface area contributed by atoms with Crippen LogP contribution in [0.4, 0.5) is 5.82 Å². The molecule has 0 aromatic carbocycles. The number of hydrogen-bond acceptors (Lipinski definition) is 4. The van der Waals surface area contributed by atoms with E-state index in [2.05, 4.69) is 4.98 Å². The minimum atomic E-state index is -4.32. The number of nitrogens with two attached hydrogens (primary N) is 1. The zero-order valence-electron chi connectivity index (χ0n) is 8.24. The van der Waals surface area contributed by atoms with Gasteiger partial charge in [-0.3, -0.25) is 4.55 Å². The predicted molar refractivity (Wildman–Crippen MR) is 56.8 cm³/mol. The lowest BCUT2D eigenvalue weighted by Crippen LogP contribution is -2.40. The molecular weight excluding hydrogens is 218 g/mol. The molecule has 84 valence electrons. The van der Waals surface area contributed by atoms with Gasteiger partial charge in [-0.1, -0.05) is 6.07 Å². The summed E-state index contributed by atoms with van der Waals surface area (Å²) in [5, 5.41) is 0. The van der Waals surface area contributed by atoms with Crippen molar-refractivity contribution in [2.45, 2.75) is 13.0 Å². The van der Waals surface area contributed by atoms with Crippen LogP contribution in [-0.4, -0.2) is 30.5 Å². The second kappa shape index (κ2) is 4.56. The third-order valence-electron chi connectivity index (χ3n) is 1.64. The van der Waals surface area contributed by atoms with E-state index in [0.717, 1.165) is 4.31 Å². The molecular formula is C8H13N3O3S. The smallest absolute Gasteiger partial charge is 0.326 e. The van der Waals surface area contributed by atoms with Crippen molar-refractivity contribution >= 4 is 16.1 Å². The molecule has 3 N–H and O–H groups in total. The van der Waals surface area contributed by atoms with Crippen molar-refractivity contribution in [1.82, 2.24) is 4.98 Å². The first-order valence-electron chi connectivity index (χ1n) is 4.33. The Labute approximate surface area is 88.6 Å². The normalized spacial score (nSPS) is 13.5. The van der Waals surface area contributed by atoms with Gasteiger partial charge in [0.1, 0.15) is 5.82 Å². The monoisotopic (exact) mass is 231 g/mol. The molecule has 0 saturated heterocycles. The summed E-state index contributed by atoms with van der Waals surface area (Å²) < 4.78 is 31.9. The lowest BCUT2D eigenvalue weighted by atomic mass is 10.3. The Hall–Kier alpha value is -1.18. The lowest BCUT2D eigenvalue weighted by molar-refractivity contribution is 0.475. The Bertz CT molecular complexity index is 404. The number of aromatic nitrogens is 1. The molecule has 6 nitrogen and oxygen atoms in total. The van der Waals surface area contributed by atoms with Gasteiger partial charge in [-0.25, -0.2) is 9.29 Å². The average molecular weight is 231 g/mol. The van der Waals surface area contributed by atoms with Crippen molar-refractivity contribution in [3.8, 4) is 0 Å². The highest BCUT2D eigenvalue weighted by Crippen LogP contribution is 2.12. The van der Waals surface area contributed by atoms with Crippen LogP contribution in [0, 0.1) is 0 Å². The van der Waals surface area contributed by atoms with Crippen molar-refractivity contribution < 1.29 is 13.0 Å². The van der Waals surface area contributed by atoms with Gasteiger partial charge < -0.3 is 5.73 Å². The Morgan fingerprint density at radius 1 is 1.60 bits per heavy atom. The largest absolute Gasteiger partial charge is 0.361 e. The molecule has 0 bridgehead atoms. The van der Waals surface area contributed by atoms with Crippen LogP contribution >= 0.6 is 0 Å². The van der Waals surface area contributed by atoms with Gasteiger partial charge in [0.05, 0.1) is 6.54 Å². The fourth-order valence-corrected chi connectivity index (χ4v) is 1.84. The molecule has 0 saturated carbocycles. The van der Waals surface area contributed by atoms with Gasteiger partial charge in [-0.2, -0.15) is 8.42 Å². The molecule has 0 aliphatic heterocycles. The van der Waals surface area contributed by atoms with E-state index < -0.39 is 16.3 Å². The SMILES string of the molecule is C[C@@H](N)CN(c1ccccn1)S(=O)(=O)O. The maximum Gasteiger partial charge on any atom is 0.361 e. The average Bonchev–Trinajstić information content (AvgIpc) is 2.14. The number of pyridine rings is 1. The van der Waals surface area contributed by atoms with Crippen LogP contribution < -0.4 is 10.0 Å². The summed E-state index contributed by atoms with van der Waals surface area (Å²) in [4.78, 5) is 3.83. The molecule has 7 heteroatoms. The molecule has 0 aliphatic rings. The highest BCUT2D eigenvalue weighted by atomic mass is 32.2. The van der Waals surface area contributed by atoms with Gasteiger partial charge in [0.25, 0.3) is 0 Å². The van der Waals surface area contributed by atoms with E-state index in [1.165, 1.54) is 12.3 Å². The van der Waals surface area contributed by atoms with E-state index in [4.69, 9.17) is 10.3 Å². The number of hydrogen-bond donors (Lipinski definition) is 2. The van der Waals surface area contributed by atoms with E-state index in [9.17, 15) is 8.42 Å². The molecule has 0 fully saturated rings. The first-order chi connectivity index (χ1) is 6.91. The zero-order chi connectivity index (χ0) is 11.5. The lowest BCUT2D eigenvalue weighted by Gasteiger charge is -2.21. The summed E-state index contributed by atoms with van der Waals surface area (Å²) in [5.41, 5.74) is 5.48. The first-order valence-corrected chi connectivity index (χ1v) is 5.72. The molecule has 1 heterocycles. The Balaban J connectivity index is 3.03. The van der Waals surface area contributed by atoms with Gasteiger partial charge in [0, 0.05) is 12.2 Å². The minimum absolute atomic E-state index is 0.0180. The second-order valence-corrected chi connectivity index (χ2v) is 4.51. The van der Waals surface area contributed by atoms with Crippen molar-refractivity contribution in [3.05, 3.63) is 24.4 Å². The van der Waals surface area contributed by atoms with Gasteiger partial charge >= 0.3 is 10.3 Å². The summed E-state index contributed by atoms with van der Waals surface area (Å²) >= 11 is 0. The summed E-state index contributed by atoms with van der Waals surface area (Å²) in [6.07, 6.45) is 1.44. The van der Waals surface area contributed by atoms with Crippen LogP contribution in [0.2, 0.25) is 0 Å². The highest BCUT2D eigenvalue weighted by Gasteiger charge is 2.21. The quantitative estimate of drug-likeness (QED) is 0.713. The Morgan fingerprint density at radius 3 is 2.67 bits per heavy atom. The summed E-state index contributed by atoms with van der Waals surface area (Å²) in [5.74, 6) is 0.150. The van der Waals surface area contributed by atoms with E-state index >= 15 is 0 Å². The Morgan fingerprint density at radius 2 is 2.27 bits per heavy atom. The van der Waals surface area contributed by atoms with E-state index in [1.54, 1.807) is 19.1 Å². The number of rotatable bonds is 4. The third kappa shape index (κ3) is 3.46. The maximum absolute atomic E-state index is 11.1. The topological polar surface area (TPSA) is 96.5 Å². The molecule has 0 spiro atoms. The third-order valence-corrected chi connectivity index (χ3v) is 2.53. The molecule has 0 radical (unpaired) electrons. The standard InChI is InChI=1S/C8H13N3O3S/c1-7(9)6-11(15(12,13)14)8-4-2-3-5-10-8/h2-5,7H,6,9H2,1H3,(H,12,13,14)/t7-/m1/s1. The van der Waals surface area contributed by atoms with Gasteiger partial charge in [0.2, 0.25) is 0 Å². The Kier molecular flexibility index (Phi) is 3.61. The molecule has 15 heavy (non-hydrogen) atoms. The molecule has 1 aromatic rings. The van der Waals surface area contributed by atoms with Crippen LogP contribution in [0.15, 0.2) is 24.4 Å². The van der Waals surface area contributed by atoms with Gasteiger partial charge in [0.15, 0.2) is 0 Å². The number of anilines is 1. The van der Waals surface area contributed by atoms with E-state index in [1.807, 2.05) is 0 Å². The fraction of sp³-hybridized carbons (Fsp3) is 0.375. The molecule has 0 aliphatic carbocycles. The minimum Gasteiger partial charge on any atom is -0.326 e. The van der Waals surface area contributed by atoms with Crippen LogP contribution in [0.3, 0.4) is 0 Å². The van der Waals surface area contributed by atoms with Gasteiger partial charge in [-0.15, -0.1) is 0 Å². The van der Waals surface area contributed by atoms with Crippen molar-refractivity contribution in [2.24, 2.45) is 5.73 Å². The first kappa shape index (κ1) is 11.9. The van der Waals surface area contributed by atoms with E-state index in [0.29, 0.717) is 0 Å². The highest BCUT2D eigenvalue weighted by molar-refractivity contribution is 7.87. The molecule has 1 atom stereocenters. The summed E-state index contributed by atoms with van der Waals surface area (Å²) in [6, 6.07) is 4.36. The predicted octanol–water partition coefficient (Wildman–Crippen LogP) is 0.0380. The van der Waals surface area contributed by atoms with Crippen LogP contribution in [-0.2, 0) is 10.3 Å². The van der Waals surface area contributed by atoms with Crippen LogP contribution in [0.5, 0.6) is 0 Å². The van der Waals surface area contributed by atoms with Crippen LogP contribution in [0.1, 0.15) is 6.92 Å². The molecule has 0 unspecified atom stereocenters.